The van der Waals surface area contributed by atoms with E-state index < -0.39 is 0 Å². The second-order valence-electron chi connectivity index (χ2n) is 6.44. The number of para-hydroxylation sites is 3. The number of benzene rings is 2. The number of hydrogen-bond donors (Lipinski definition) is 1. The number of carbonyl (C=O) groups is 1. The molecule has 1 atom stereocenters. The molecule has 8 nitrogen and oxygen atoms in total. The molecule has 8 heteroatoms. The number of ether oxygens (including phenoxy) is 4. The molecule has 2 aromatic carbocycles. The molecule has 0 fully saturated rings. The summed E-state index contributed by atoms with van der Waals surface area (Å²) in [6.45, 7) is 0.923. The number of aromatic nitrogens is 2. The van der Waals surface area contributed by atoms with Gasteiger partial charge in [-0.1, -0.05) is 18.2 Å². The maximum atomic E-state index is 12.7. The SMILES string of the molecule is COc1cccc(C(=O)Nc2cnn(CC3COc4ccccc4O3)c2)c1OC. The van der Waals surface area contributed by atoms with Crippen LogP contribution in [0.1, 0.15) is 10.4 Å². The lowest BCUT2D eigenvalue weighted by Gasteiger charge is -2.26. The summed E-state index contributed by atoms with van der Waals surface area (Å²) in [5.41, 5.74) is 0.942. The molecule has 0 aliphatic carbocycles. The van der Waals surface area contributed by atoms with E-state index in [0.29, 0.717) is 35.9 Å². The Bertz CT molecular complexity index is 1020. The van der Waals surface area contributed by atoms with Crippen molar-refractivity contribution in [3.05, 3.63) is 60.4 Å². The van der Waals surface area contributed by atoms with Gasteiger partial charge in [-0.05, 0) is 24.3 Å². The lowest BCUT2D eigenvalue weighted by molar-refractivity contribution is 0.0759. The highest BCUT2D eigenvalue weighted by Crippen LogP contribution is 2.32. The van der Waals surface area contributed by atoms with Crippen LogP contribution in [0.15, 0.2) is 54.9 Å². The maximum Gasteiger partial charge on any atom is 0.259 e. The molecule has 1 aliphatic heterocycles. The topological polar surface area (TPSA) is 83.8 Å². The van der Waals surface area contributed by atoms with Crippen LogP contribution in [0.3, 0.4) is 0 Å². The molecule has 1 amide bonds. The van der Waals surface area contributed by atoms with E-state index in [1.807, 2.05) is 24.3 Å². The van der Waals surface area contributed by atoms with Gasteiger partial charge in [-0.15, -0.1) is 0 Å². The zero-order chi connectivity index (χ0) is 20.2. The molecule has 0 spiro atoms. The molecule has 0 saturated heterocycles. The predicted molar refractivity (Wildman–Crippen MR) is 106 cm³/mol. The number of fused-ring (bicyclic) bond motifs is 1. The maximum absolute atomic E-state index is 12.7. The molecule has 1 aliphatic rings. The van der Waals surface area contributed by atoms with Crippen molar-refractivity contribution in [1.82, 2.24) is 9.78 Å². The van der Waals surface area contributed by atoms with Crippen molar-refractivity contribution in [3.63, 3.8) is 0 Å². The van der Waals surface area contributed by atoms with Gasteiger partial charge < -0.3 is 24.3 Å². The highest BCUT2D eigenvalue weighted by molar-refractivity contribution is 6.06. The summed E-state index contributed by atoms with van der Waals surface area (Å²) in [6, 6.07) is 12.7. The number of hydrogen-bond acceptors (Lipinski definition) is 6. The Kier molecular flexibility index (Phi) is 5.24. The van der Waals surface area contributed by atoms with Crippen LogP contribution in [0.25, 0.3) is 0 Å². The standard InChI is InChI=1S/C21H21N3O5/c1-26-19-9-5-6-16(20(19)27-2)21(25)23-14-10-22-24(11-14)12-15-13-28-17-7-3-4-8-18(17)29-15/h3-11,15H,12-13H2,1-2H3,(H,23,25). The number of methoxy groups -OCH3 is 2. The molecule has 3 aromatic rings. The molecule has 1 aromatic heterocycles. The first-order chi connectivity index (χ1) is 14.2. The van der Waals surface area contributed by atoms with Gasteiger partial charge in [-0.25, -0.2) is 0 Å². The molecular weight excluding hydrogens is 374 g/mol. The first kappa shape index (κ1) is 18.7. The highest BCUT2D eigenvalue weighted by Gasteiger charge is 2.22. The van der Waals surface area contributed by atoms with Crippen LogP contribution in [0.5, 0.6) is 23.0 Å². The number of amides is 1. The lowest BCUT2D eigenvalue weighted by atomic mass is 10.1. The molecule has 0 radical (unpaired) electrons. The monoisotopic (exact) mass is 395 g/mol. The normalized spacial score (nSPS) is 14.9. The summed E-state index contributed by atoms with van der Waals surface area (Å²) in [5, 5.41) is 7.13. The Labute approximate surface area is 168 Å². The number of carbonyl (C=O) groups excluding carboxylic acids is 1. The fraction of sp³-hybridized carbons (Fsp3) is 0.238. The van der Waals surface area contributed by atoms with Crippen molar-refractivity contribution in [3.8, 4) is 23.0 Å². The van der Waals surface area contributed by atoms with Crippen molar-refractivity contribution in [2.45, 2.75) is 12.6 Å². The summed E-state index contributed by atoms with van der Waals surface area (Å²) in [6.07, 6.45) is 3.16. The van der Waals surface area contributed by atoms with E-state index >= 15 is 0 Å². The van der Waals surface area contributed by atoms with Crippen LogP contribution in [-0.4, -0.2) is 42.6 Å². The summed E-state index contributed by atoms with van der Waals surface area (Å²) in [7, 11) is 3.02. The Hall–Kier alpha value is -3.68. The van der Waals surface area contributed by atoms with E-state index in [-0.39, 0.29) is 12.0 Å². The molecule has 2 heterocycles. The molecule has 0 bridgehead atoms. The van der Waals surface area contributed by atoms with Crippen LogP contribution in [0, 0.1) is 0 Å². The van der Waals surface area contributed by atoms with Crippen LogP contribution >= 0.6 is 0 Å². The van der Waals surface area contributed by atoms with E-state index in [1.165, 1.54) is 14.2 Å². The minimum Gasteiger partial charge on any atom is -0.493 e. The Morgan fingerprint density at radius 3 is 2.79 bits per heavy atom. The molecule has 4 rings (SSSR count). The van der Waals surface area contributed by atoms with E-state index in [1.54, 1.807) is 35.3 Å². The summed E-state index contributed by atoms with van der Waals surface area (Å²) >= 11 is 0. The van der Waals surface area contributed by atoms with Gasteiger partial charge in [0.2, 0.25) is 0 Å². The molecule has 29 heavy (non-hydrogen) atoms. The summed E-state index contributed by atoms with van der Waals surface area (Å²) < 4.78 is 23.9. The average molecular weight is 395 g/mol. The lowest BCUT2D eigenvalue weighted by Crippen LogP contribution is -2.33. The summed E-state index contributed by atoms with van der Waals surface area (Å²) in [5.74, 6) is 2.02. The first-order valence-electron chi connectivity index (χ1n) is 9.11. The zero-order valence-corrected chi connectivity index (χ0v) is 16.1. The van der Waals surface area contributed by atoms with Crippen LogP contribution in [0.4, 0.5) is 5.69 Å². The van der Waals surface area contributed by atoms with Gasteiger partial charge in [0.15, 0.2) is 29.1 Å². The third-order valence-electron chi connectivity index (χ3n) is 4.50. The van der Waals surface area contributed by atoms with Crippen molar-refractivity contribution in [2.75, 3.05) is 26.1 Å². The van der Waals surface area contributed by atoms with E-state index in [0.717, 1.165) is 11.5 Å². The molecule has 1 N–H and O–H groups in total. The number of nitrogens with one attached hydrogen (secondary N) is 1. The molecular formula is C21H21N3O5. The fourth-order valence-electron chi connectivity index (χ4n) is 3.15. The van der Waals surface area contributed by atoms with Crippen LogP contribution in [0.2, 0.25) is 0 Å². The molecule has 150 valence electrons. The van der Waals surface area contributed by atoms with Gasteiger partial charge in [-0.3, -0.25) is 9.48 Å². The number of anilines is 1. The van der Waals surface area contributed by atoms with E-state index in [2.05, 4.69) is 10.4 Å². The molecule has 0 saturated carbocycles. The van der Waals surface area contributed by atoms with Crippen molar-refractivity contribution in [1.29, 1.82) is 0 Å². The van der Waals surface area contributed by atoms with Crippen LogP contribution < -0.4 is 24.3 Å². The van der Waals surface area contributed by atoms with Gasteiger partial charge in [-0.2, -0.15) is 5.10 Å². The smallest absolute Gasteiger partial charge is 0.259 e. The molecule has 1 unspecified atom stereocenters. The van der Waals surface area contributed by atoms with Crippen molar-refractivity contribution >= 4 is 11.6 Å². The van der Waals surface area contributed by atoms with Crippen LogP contribution in [-0.2, 0) is 6.54 Å². The summed E-state index contributed by atoms with van der Waals surface area (Å²) in [4.78, 5) is 12.7. The first-order valence-corrected chi connectivity index (χ1v) is 9.11. The zero-order valence-electron chi connectivity index (χ0n) is 16.1. The van der Waals surface area contributed by atoms with Gasteiger partial charge in [0, 0.05) is 6.20 Å². The largest absolute Gasteiger partial charge is 0.493 e. The van der Waals surface area contributed by atoms with Crippen molar-refractivity contribution < 1.29 is 23.7 Å². The Morgan fingerprint density at radius 2 is 2.00 bits per heavy atom. The average Bonchev–Trinajstić information content (AvgIpc) is 3.19. The Balaban J connectivity index is 1.42. The second kappa shape index (κ2) is 8.14. The fourth-order valence-corrected chi connectivity index (χ4v) is 3.15. The Morgan fingerprint density at radius 1 is 1.17 bits per heavy atom. The second-order valence-corrected chi connectivity index (χ2v) is 6.44. The van der Waals surface area contributed by atoms with E-state index in [4.69, 9.17) is 18.9 Å². The van der Waals surface area contributed by atoms with Gasteiger partial charge in [0.05, 0.1) is 38.2 Å². The van der Waals surface area contributed by atoms with Gasteiger partial charge in [0.1, 0.15) is 6.61 Å². The third kappa shape index (κ3) is 3.96. The number of nitrogens with zero attached hydrogens (tertiary/aromatic N) is 2. The number of rotatable bonds is 6. The highest BCUT2D eigenvalue weighted by atomic mass is 16.6. The third-order valence-corrected chi connectivity index (χ3v) is 4.50. The predicted octanol–water partition coefficient (Wildman–Crippen LogP) is 2.99. The minimum atomic E-state index is -0.313. The minimum absolute atomic E-state index is 0.174. The van der Waals surface area contributed by atoms with E-state index in [9.17, 15) is 4.79 Å². The van der Waals surface area contributed by atoms with Crippen molar-refractivity contribution in [2.24, 2.45) is 0 Å². The van der Waals surface area contributed by atoms with Gasteiger partial charge in [0.25, 0.3) is 5.91 Å². The quantitative estimate of drug-likeness (QED) is 0.691. The van der Waals surface area contributed by atoms with Gasteiger partial charge >= 0.3 is 0 Å².